The number of halogens is 1. The van der Waals surface area contributed by atoms with Crippen LogP contribution in [0.2, 0.25) is 0 Å². The highest BCUT2D eigenvalue weighted by Crippen LogP contribution is 2.28. The number of hydrogen-bond acceptors (Lipinski definition) is 6. The van der Waals surface area contributed by atoms with Crippen LogP contribution in [0.1, 0.15) is 26.2 Å². The van der Waals surface area contributed by atoms with Crippen LogP contribution in [-0.4, -0.2) is 33.0 Å². The number of hydrogen-bond donors (Lipinski definition) is 2. The Balaban J connectivity index is 0.00000484. The molecule has 3 N–H and O–H groups in total. The number of nitro benzene ring substituents is 1. The zero-order chi connectivity index (χ0) is 16.8. The highest BCUT2D eigenvalue weighted by molar-refractivity contribution is 7.89. The Kier molecular flexibility index (Phi) is 9.06. The lowest BCUT2D eigenvalue weighted by molar-refractivity contribution is -0.387. The molecule has 0 amide bonds. The van der Waals surface area contributed by atoms with Crippen molar-refractivity contribution in [3.8, 4) is 5.75 Å². The second kappa shape index (κ2) is 9.66. The fraction of sp³-hybridized carbons (Fsp3) is 0.538. The normalized spacial score (nSPS) is 12.3. The minimum absolute atomic E-state index is 0. The van der Waals surface area contributed by atoms with Crippen molar-refractivity contribution in [2.24, 2.45) is 5.73 Å². The van der Waals surface area contributed by atoms with E-state index in [2.05, 4.69) is 4.72 Å². The molecule has 1 rings (SSSR count). The Labute approximate surface area is 142 Å². The van der Waals surface area contributed by atoms with Crippen LogP contribution in [0.4, 0.5) is 5.69 Å². The molecule has 0 spiro atoms. The van der Waals surface area contributed by atoms with Crippen LogP contribution in [-0.2, 0) is 10.0 Å². The summed E-state index contributed by atoms with van der Waals surface area (Å²) < 4.78 is 32.1. The second-order valence-corrected chi connectivity index (χ2v) is 6.47. The molecule has 1 aromatic carbocycles. The maximum Gasteiger partial charge on any atom is 0.293 e. The van der Waals surface area contributed by atoms with Crippen LogP contribution in [0.5, 0.6) is 5.75 Å². The molecule has 0 radical (unpaired) electrons. The molecule has 0 aliphatic heterocycles. The van der Waals surface area contributed by atoms with Crippen molar-refractivity contribution in [3.05, 3.63) is 28.3 Å². The number of nitrogens with one attached hydrogen (secondary N) is 1. The Morgan fingerprint density at radius 1 is 1.43 bits per heavy atom. The second-order valence-electron chi connectivity index (χ2n) is 4.79. The maximum absolute atomic E-state index is 12.4. The Morgan fingerprint density at radius 2 is 2.09 bits per heavy atom. The molecule has 0 aliphatic rings. The quantitative estimate of drug-likeness (QED) is 0.506. The summed E-state index contributed by atoms with van der Waals surface area (Å²) in [6, 6.07) is 3.15. The van der Waals surface area contributed by atoms with Crippen molar-refractivity contribution < 1.29 is 18.1 Å². The van der Waals surface area contributed by atoms with Crippen molar-refractivity contribution in [2.45, 2.75) is 37.1 Å². The van der Waals surface area contributed by atoms with E-state index in [1.54, 1.807) is 0 Å². The molecular formula is C13H22ClN3O5S. The molecule has 1 atom stereocenters. The van der Waals surface area contributed by atoms with Gasteiger partial charge in [-0.3, -0.25) is 10.1 Å². The van der Waals surface area contributed by atoms with Crippen molar-refractivity contribution >= 4 is 28.1 Å². The lowest BCUT2D eigenvalue weighted by atomic mass is 10.1. The summed E-state index contributed by atoms with van der Waals surface area (Å²) in [5.74, 6) is 0.215. The van der Waals surface area contributed by atoms with Gasteiger partial charge in [0.2, 0.25) is 10.0 Å². The van der Waals surface area contributed by atoms with Crippen LogP contribution in [0.25, 0.3) is 0 Å². The molecular weight excluding hydrogens is 346 g/mol. The van der Waals surface area contributed by atoms with Gasteiger partial charge in [-0.25, -0.2) is 13.1 Å². The zero-order valence-electron chi connectivity index (χ0n) is 13.0. The van der Waals surface area contributed by atoms with E-state index >= 15 is 0 Å². The van der Waals surface area contributed by atoms with Crippen LogP contribution in [0, 0.1) is 10.1 Å². The van der Waals surface area contributed by atoms with Gasteiger partial charge in [-0.1, -0.05) is 19.8 Å². The molecule has 0 heterocycles. The van der Waals surface area contributed by atoms with E-state index < -0.39 is 31.6 Å². The van der Waals surface area contributed by atoms with Gasteiger partial charge in [0, 0.05) is 12.6 Å². The number of nitrogens with zero attached hydrogens (tertiary/aromatic N) is 1. The van der Waals surface area contributed by atoms with E-state index in [9.17, 15) is 18.5 Å². The van der Waals surface area contributed by atoms with Crippen molar-refractivity contribution in [1.29, 1.82) is 0 Å². The number of nitrogens with two attached hydrogens (primary N) is 1. The zero-order valence-corrected chi connectivity index (χ0v) is 14.7. The number of nitro groups is 1. The predicted octanol–water partition coefficient (Wildman–Crippen LogP) is 1.82. The molecule has 1 unspecified atom stereocenters. The van der Waals surface area contributed by atoms with Gasteiger partial charge >= 0.3 is 0 Å². The molecule has 10 heteroatoms. The number of sulfonamides is 1. The molecule has 8 nitrogen and oxygen atoms in total. The van der Waals surface area contributed by atoms with Gasteiger partial charge < -0.3 is 10.5 Å². The summed E-state index contributed by atoms with van der Waals surface area (Å²) in [5.41, 5.74) is 5.03. The van der Waals surface area contributed by atoms with E-state index in [0.29, 0.717) is 6.42 Å². The average molecular weight is 368 g/mol. The third-order valence-corrected chi connectivity index (χ3v) is 4.73. The summed E-state index contributed by atoms with van der Waals surface area (Å²) in [6.07, 6.45) is 2.30. The third kappa shape index (κ3) is 5.94. The maximum atomic E-state index is 12.4. The number of unbranched alkanes of at least 4 members (excludes halogenated alkanes) is 1. The van der Waals surface area contributed by atoms with E-state index in [4.69, 9.17) is 10.5 Å². The number of methoxy groups -OCH3 is 1. The highest BCUT2D eigenvalue weighted by atomic mass is 35.5. The molecule has 0 aliphatic carbocycles. The van der Waals surface area contributed by atoms with Crippen LogP contribution in [0.15, 0.2) is 23.1 Å². The van der Waals surface area contributed by atoms with Crippen LogP contribution >= 0.6 is 12.4 Å². The SMILES string of the molecule is CCCCC(CN)NS(=O)(=O)c1ccc(OC)cc1[N+](=O)[O-].Cl. The summed E-state index contributed by atoms with van der Waals surface area (Å²) in [7, 11) is -2.68. The first kappa shape index (κ1) is 21.6. The lowest BCUT2D eigenvalue weighted by Crippen LogP contribution is -2.40. The van der Waals surface area contributed by atoms with Crippen molar-refractivity contribution in [2.75, 3.05) is 13.7 Å². The first-order chi connectivity index (χ1) is 10.4. The van der Waals surface area contributed by atoms with Crippen molar-refractivity contribution in [3.63, 3.8) is 0 Å². The summed E-state index contributed by atoms with van der Waals surface area (Å²) in [6.45, 7) is 2.11. The van der Waals surface area contributed by atoms with E-state index in [-0.39, 0.29) is 24.7 Å². The average Bonchev–Trinajstić information content (AvgIpc) is 2.50. The van der Waals surface area contributed by atoms with Gasteiger partial charge in [0.1, 0.15) is 5.75 Å². The summed E-state index contributed by atoms with van der Waals surface area (Å²) >= 11 is 0. The fourth-order valence-corrected chi connectivity index (χ4v) is 3.39. The van der Waals surface area contributed by atoms with Gasteiger partial charge in [-0.05, 0) is 18.6 Å². The van der Waals surface area contributed by atoms with Crippen LogP contribution in [0.3, 0.4) is 0 Å². The van der Waals surface area contributed by atoms with Gasteiger partial charge in [-0.2, -0.15) is 0 Å². The highest BCUT2D eigenvalue weighted by Gasteiger charge is 2.28. The van der Waals surface area contributed by atoms with Crippen molar-refractivity contribution in [1.82, 2.24) is 4.72 Å². The molecule has 0 fully saturated rings. The topological polar surface area (TPSA) is 125 Å². The third-order valence-electron chi connectivity index (χ3n) is 3.16. The molecule has 1 aromatic rings. The predicted molar refractivity (Wildman–Crippen MR) is 89.6 cm³/mol. The number of benzene rings is 1. The lowest BCUT2D eigenvalue weighted by Gasteiger charge is -2.16. The van der Waals surface area contributed by atoms with E-state index in [1.807, 2.05) is 6.92 Å². The molecule has 0 saturated carbocycles. The van der Waals surface area contributed by atoms with Gasteiger partial charge in [-0.15, -0.1) is 12.4 Å². The molecule has 0 aromatic heterocycles. The monoisotopic (exact) mass is 367 g/mol. The minimum atomic E-state index is -4.03. The first-order valence-electron chi connectivity index (χ1n) is 6.90. The molecule has 0 saturated heterocycles. The Hall–Kier alpha value is -1.42. The van der Waals surface area contributed by atoms with Crippen LogP contribution < -0.4 is 15.2 Å². The van der Waals surface area contributed by atoms with E-state index in [1.165, 1.54) is 13.2 Å². The van der Waals surface area contributed by atoms with Gasteiger partial charge in [0.15, 0.2) is 4.90 Å². The van der Waals surface area contributed by atoms with Gasteiger partial charge in [0.05, 0.1) is 18.1 Å². The molecule has 0 bridgehead atoms. The van der Waals surface area contributed by atoms with Gasteiger partial charge in [0.25, 0.3) is 5.69 Å². The fourth-order valence-electron chi connectivity index (χ4n) is 1.95. The number of ether oxygens (including phenoxy) is 1. The van der Waals surface area contributed by atoms with E-state index in [0.717, 1.165) is 25.0 Å². The molecule has 132 valence electrons. The Morgan fingerprint density at radius 3 is 2.57 bits per heavy atom. The minimum Gasteiger partial charge on any atom is -0.497 e. The summed E-state index contributed by atoms with van der Waals surface area (Å²) in [4.78, 5) is 9.95. The molecule has 23 heavy (non-hydrogen) atoms. The summed E-state index contributed by atoms with van der Waals surface area (Å²) in [5, 5.41) is 11.1. The smallest absolute Gasteiger partial charge is 0.293 e. The first-order valence-corrected chi connectivity index (χ1v) is 8.38. The largest absolute Gasteiger partial charge is 0.497 e. The number of rotatable bonds is 9. The Bertz CT molecular complexity index is 624. The standard InChI is InChI=1S/C13H21N3O5S.ClH/c1-3-4-5-10(9-14)15-22(19,20)13-7-6-11(21-2)8-12(13)16(17)18;/h6-8,10,15H,3-5,9,14H2,1-2H3;1H.